The summed E-state index contributed by atoms with van der Waals surface area (Å²) in [4.78, 5) is 27.9. The number of nitrogens with one attached hydrogen (secondary N) is 2. The van der Waals surface area contributed by atoms with E-state index >= 15 is 0 Å². The molecule has 0 unspecified atom stereocenters. The van der Waals surface area contributed by atoms with Gasteiger partial charge in [0.15, 0.2) is 0 Å². The Morgan fingerprint density at radius 2 is 1.86 bits per heavy atom. The van der Waals surface area contributed by atoms with Crippen molar-refractivity contribution >= 4 is 46.9 Å². The van der Waals surface area contributed by atoms with Gasteiger partial charge in [0.2, 0.25) is 5.91 Å². The van der Waals surface area contributed by atoms with E-state index in [1.54, 1.807) is 38.7 Å². The van der Waals surface area contributed by atoms with Crippen LogP contribution in [0.4, 0.5) is 20.2 Å². The third kappa shape index (κ3) is 8.04. The molecule has 1 aromatic heterocycles. The third-order valence-electron chi connectivity index (χ3n) is 5.08. The number of halogens is 3. The van der Waals surface area contributed by atoms with Crippen LogP contribution in [0.25, 0.3) is 0 Å². The Balaban J connectivity index is 0.000000303. The van der Waals surface area contributed by atoms with Crippen molar-refractivity contribution in [3.8, 4) is 0 Å². The summed E-state index contributed by atoms with van der Waals surface area (Å²) in [7, 11) is 1.67. The predicted molar refractivity (Wildman–Crippen MR) is 139 cm³/mol. The number of nitrogens with zero attached hydrogens (tertiary/aromatic N) is 1. The van der Waals surface area contributed by atoms with Gasteiger partial charge in [-0.25, -0.2) is 8.78 Å². The van der Waals surface area contributed by atoms with E-state index in [-0.39, 0.29) is 11.3 Å². The highest BCUT2D eigenvalue weighted by atomic mass is 35.5. The van der Waals surface area contributed by atoms with E-state index in [1.807, 2.05) is 18.3 Å². The van der Waals surface area contributed by atoms with Crippen LogP contribution in [0.1, 0.15) is 32.0 Å². The van der Waals surface area contributed by atoms with Crippen LogP contribution < -0.4 is 10.6 Å². The first kappa shape index (κ1) is 28.3. The highest BCUT2D eigenvalue weighted by molar-refractivity contribution is 7.99. The second kappa shape index (κ2) is 13.2. The number of amides is 1. The standard InChI is InChI=1S/C17H17ClF2N2O.C9H11NOS/c1-17(2,12-6-5-11(21-3)9-14(12)20)16(23)22-15-8-10(18)4-7-13(15)19;1-2-12-9-4-3-8(5-6-11)10-7-9/h4-9,21H,1-3H3,(H,22,23);3-4,6-7H,2,5H2,1H3. The molecule has 0 aliphatic carbocycles. The van der Waals surface area contributed by atoms with Gasteiger partial charge in [0, 0.05) is 46.5 Å². The molecule has 0 aliphatic rings. The summed E-state index contributed by atoms with van der Waals surface area (Å²) in [5.41, 5.74) is 0.429. The molecular formula is C26H28ClF2N3O2S. The molecule has 0 spiro atoms. The van der Waals surface area contributed by atoms with Crippen molar-refractivity contribution in [2.75, 3.05) is 23.4 Å². The maximum absolute atomic E-state index is 14.3. The summed E-state index contributed by atoms with van der Waals surface area (Å²) < 4.78 is 28.0. The van der Waals surface area contributed by atoms with Gasteiger partial charge in [-0.1, -0.05) is 24.6 Å². The predicted octanol–water partition coefficient (Wildman–Crippen LogP) is 6.51. The summed E-state index contributed by atoms with van der Waals surface area (Å²) >= 11 is 7.56. The number of hydrogen-bond donors (Lipinski definition) is 2. The van der Waals surface area contributed by atoms with Crippen molar-refractivity contribution in [1.29, 1.82) is 0 Å². The molecule has 0 saturated carbocycles. The van der Waals surface area contributed by atoms with Gasteiger partial charge in [-0.3, -0.25) is 9.78 Å². The molecule has 186 valence electrons. The number of pyridine rings is 1. The Kier molecular flexibility index (Phi) is 10.7. The number of benzene rings is 2. The normalized spacial score (nSPS) is 10.7. The molecular weight excluding hydrogens is 492 g/mol. The van der Waals surface area contributed by atoms with Crippen molar-refractivity contribution in [3.63, 3.8) is 0 Å². The van der Waals surface area contributed by atoms with E-state index < -0.39 is 23.0 Å². The third-order valence-corrected chi connectivity index (χ3v) is 6.18. The molecule has 0 fully saturated rings. The van der Waals surface area contributed by atoms with E-state index in [4.69, 9.17) is 11.6 Å². The smallest absolute Gasteiger partial charge is 0.234 e. The van der Waals surface area contributed by atoms with Gasteiger partial charge >= 0.3 is 0 Å². The average molecular weight is 520 g/mol. The lowest BCUT2D eigenvalue weighted by Gasteiger charge is -2.25. The molecule has 9 heteroatoms. The lowest BCUT2D eigenvalue weighted by molar-refractivity contribution is -0.120. The van der Waals surface area contributed by atoms with Gasteiger partial charge in [0.25, 0.3) is 0 Å². The highest BCUT2D eigenvalue weighted by Crippen LogP contribution is 2.30. The van der Waals surface area contributed by atoms with Crippen LogP contribution in [0.2, 0.25) is 5.02 Å². The molecule has 35 heavy (non-hydrogen) atoms. The van der Waals surface area contributed by atoms with Gasteiger partial charge in [-0.2, -0.15) is 0 Å². The van der Waals surface area contributed by atoms with Gasteiger partial charge in [-0.05, 0) is 62.1 Å². The maximum Gasteiger partial charge on any atom is 0.234 e. The monoisotopic (exact) mass is 519 g/mol. The molecule has 3 aromatic rings. The number of anilines is 2. The number of carbonyl (C=O) groups is 2. The zero-order valence-corrected chi connectivity index (χ0v) is 21.6. The van der Waals surface area contributed by atoms with Crippen LogP contribution in [0.15, 0.2) is 59.6 Å². The van der Waals surface area contributed by atoms with Crippen molar-refractivity contribution in [3.05, 3.63) is 82.6 Å². The second-order valence-corrected chi connectivity index (χ2v) is 9.71. The van der Waals surface area contributed by atoms with Crippen LogP contribution in [-0.2, 0) is 21.4 Å². The Bertz CT molecular complexity index is 1160. The van der Waals surface area contributed by atoms with Crippen LogP contribution in [0.5, 0.6) is 0 Å². The van der Waals surface area contributed by atoms with Gasteiger partial charge in [-0.15, -0.1) is 11.8 Å². The Morgan fingerprint density at radius 3 is 2.43 bits per heavy atom. The first-order valence-corrected chi connectivity index (χ1v) is 12.2. The molecule has 5 nitrogen and oxygen atoms in total. The van der Waals surface area contributed by atoms with E-state index in [0.717, 1.165) is 28.7 Å². The van der Waals surface area contributed by atoms with Crippen molar-refractivity contribution in [1.82, 2.24) is 4.98 Å². The minimum absolute atomic E-state index is 0.0390. The van der Waals surface area contributed by atoms with Crippen LogP contribution in [0.3, 0.4) is 0 Å². The van der Waals surface area contributed by atoms with E-state index in [0.29, 0.717) is 17.1 Å². The SMILES string of the molecule is CCSc1ccc(CC=O)nc1.CNc1ccc(C(C)(C)C(=O)Nc2cc(Cl)ccc2F)c(F)c1. The molecule has 2 N–H and O–H groups in total. The molecule has 2 aromatic carbocycles. The number of aldehydes is 1. The summed E-state index contributed by atoms with van der Waals surface area (Å²) in [6.07, 6.45) is 3.10. The summed E-state index contributed by atoms with van der Waals surface area (Å²) in [5.74, 6) is -0.600. The number of carbonyl (C=O) groups excluding carboxylic acids is 2. The van der Waals surface area contributed by atoms with Crippen molar-refractivity contribution in [2.45, 2.75) is 37.5 Å². The van der Waals surface area contributed by atoms with Gasteiger partial charge in [0.1, 0.15) is 17.9 Å². The van der Waals surface area contributed by atoms with E-state index in [2.05, 4.69) is 22.5 Å². The lowest BCUT2D eigenvalue weighted by Crippen LogP contribution is -2.35. The Labute approximate surface area is 213 Å². The van der Waals surface area contributed by atoms with Crippen molar-refractivity contribution in [2.24, 2.45) is 0 Å². The van der Waals surface area contributed by atoms with Crippen molar-refractivity contribution < 1.29 is 18.4 Å². The molecule has 0 radical (unpaired) electrons. The average Bonchev–Trinajstić information content (AvgIpc) is 2.83. The minimum atomic E-state index is -1.19. The molecule has 1 heterocycles. The molecule has 0 saturated heterocycles. The van der Waals surface area contributed by atoms with Crippen LogP contribution in [-0.4, -0.2) is 30.0 Å². The minimum Gasteiger partial charge on any atom is -0.388 e. The quantitative estimate of drug-likeness (QED) is 0.262. The summed E-state index contributed by atoms with van der Waals surface area (Å²) in [6, 6.07) is 12.3. The zero-order valence-electron chi connectivity index (χ0n) is 20.0. The topological polar surface area (TPSA) is 71.1 Å². The molecule has 3 rings (SSSR count). The first-order valence-electron chi connectivity index (χ1n) is 10.9. The second-order valence-electron chi connectivity index (χ2n) is 7.94. The number of hydrogen-bond acceptors (Lipinski definition) is 5. The fraction of sp³-hybridized carbons (Fsp3) is 0.269. The highest BCUT2D eigenvalue weighted by Gasteiger charge is 2.33. The Hall–Kier alpha value is -2.97. The number of thioether (sulfide) groups is 1. The fourth-order valence-electron chi connectivity index (χ4n) is 3.04. The van der Waals surface area contributed by atoms with Gasteiger partial charge < -0.3 is 15.4 Å². The van der Waals surface area contributed by atoms with E-state index in [1.165, 1.54) is 24.3 Å². The molecule has 0 aliphatic heterocycles. The first-order chi connectivity index (χ1) is 16.6. The summed E-state index contributed by atoms with van der Waals surface area (Å²) in [5, 5.41) is 5.58. The number of rotatable bonds is 8. The molecule has 0 bridgehead atoms. The lowest BCUT2D eigenvalue weighted by atomic mass is 9.83. The largest absolute Gasteiger partial charge is 0.388 e. The van der Waals surface area contributed by atoms with E-state index in [9.17, 15) is 18.4 Å². The fourth-order valence-corrected chi connectivity index (χ4v) is 3.84. The zero-order chi connectivity index (χ0) is 26.0. The van der Waals surface area contributed by atoms with Gasteiger partial charge in [0.05, 0.1) is 11.1 Å². The summed E-state index contributed by atoms with van der Waals surface area (Å²) in [6.45, 7) is 5.24. The molecule has 1 amide bonds. The molecule has 0 atom stereocenters. The Morgan fingerprint density at radius 1 is 1.11 bits per heavy atom. The van der Waals surface area contributed by atoms with Crippen LogP contribution >= 0.6 is 23.4 Å². The van der Waals surface area contributed by atoms with Crippen LogP contribution in [0, 0.1) is 11.6 Å². The number of aromatic nitrogens is 1. The maximum atomic E-state index is 14.3.